The van der Waals surface area contributed by atoms with Crippen molar-refractivity contribution in [1.82, 2.24) is 4.98 Å². The van der Waals surface area contributed by atoms with E-state index < -0.39 is 0 Å². The molecular weight excluding hydrogens is 256 g/mol. The van der Waals surface area contributed by atoms with Gasteiger partial charge in [-0.05, 0) is 18.1 Å². The average Bonchev–Trinajstić information content (AvgIpc) is 2.54. The summed E-state index contributed by atoms with van der Waals surface area (Å²) in [4.78, 5) is 4.70. The first-order chi connectivity index (χ1) is 10.3. The second-order valence-corrected chi connectivity index (χ2v) is 5.05. The molecule has 0 N–H and O–H groups in total. The molecule has 1 aromatic heterocycles. The molecule has 3 aromatic rings. The molecule has 2 heteroatoms. The van der Waals surface area contributed by atoms with Crippen LogP contribution in [0.4, 0.5) is 0 Å². The maximum atomic E-state index is 9.66. The predicted octanol–water partition coefficient (Wildman–Crippen LogP) is 4.73. The van der Waals surface area contributed by atoms with Crippen LogP contribution in [-0.2, 0) is 6.42 Å². The number of rotatable bonds is 3. The highest BCUT2D eigenvalue weighted by molar-refractivity contribution is 5.97. The summed E-state index contributed by atoms with van der Waals surface area (Å²) >= 11 is 0. The Morgan fingerprint density at radius 1 is 1.00 bits per heavy atom. The number of hydrogen-bond acceptors (Lipinski definition) is 2. The molecular formula is C19H16N2. The van der Waals surface area contributed by atoms with Crippen molar-refractivity contribution in [2.75, 3.05) is 0 Å². The van der Waals surface area contributed by atoms with Gasteiger partial charge in [-0.1, -0.05) is 61.9 Å². The SMILES string of the molecule is CCCc1nc2ccccc2c(-c2ccccc2)c1C#N. The van der Waals surface area contributed by atoms with E-state index in [0.717, 1.165) is 40.6 Å². The van der Waals surface area contributed by atoms with Gasteiger partial charge in [0.15, 0.2) is 0 Å². The zero-order valence-corrected chi connectivity index (χ0v) is 12.0. The van der Waals surface area contributed by atoms with Crippen molar-refractivity contribution in [2.24, 2.45) is 0 Å². The Labute approximate surface area is 124 Å². The zero-order valence-electron chi connectivity index (χ0n) is 12.0. The van der Waals surface area contributed by atoms with Gasteiger partial charge in [0.25, 0.3) is 0 Å². The molecule has 0 unspecified atom stereocenters. The molecule has 0 spiro atoms. The minimum absolute atomic E-state index is 0.710. The third-order valence-electron chi connectivity index (χ3n) is 3.63. The van der Waals surface area contributed by atoms with Crippen LogP contribution in [0.3, 0.4) is 0 Å². The smallest absolute Gasteiger partial charge is 0.102 e. The number of para-hydroxylation sites is 1. The van der Waals surface area contributed by atoms with Crippen molar-refractivity contribution < 1.29 is 0 Å². The Kier molecular flexibility index (Phi) is 3.66. The van der Waals surface area contributed by atoms with Crippen molar-refractivity contribution in [2.45, 2.75) is 19.8 Å². The molecule has 0 saturated carbocycles. The Bertz CT molecular complexity index is 814. The van der Waals surface area contributed by atoms with E-state index >= 15 is 0 Å². The molecule has 3 rings (SSSR count). The number of hydrogen-bond donors (Lipinski definition) is 0. The molecule has 21 heavy (non-hydrogen) atoms. The summed E-state index contributed by atoms with van der Waals surface area (Å²) in [5, 5.41) is 10.7. The normalized spacial score (nSPS) is 10.5. The van der Waals surface area contributed by atoms with Gasteiger partial charge in [0.05, 0.1) is 16.8 Å². The van der Waals surface area contributed by atoms with E-state index in [4.69, 9.17) is 4.98 Å². The molecule has 0 saturated heterocycles. The number of aromatic nitrogens is 1. The van der Waals surface area contributed by atoms with Crippen LogP contribution >= 0.6 is 0 Å². The van der Waals surface area contributed by atoms with Crippen LogP contribution in [0.25, 0.3) is 22.0 Å². The first-order valence-electron chi connectivity index (χ1n) is 7.22. The van der Waals surface area contributed by atoms with Gasteiger partial charge in [0.1, 0.15) is 6.07 Å². The summed E-state index contributed by atoms with van der Waals surface area (Å²) < 4.78 is 0. The fourth-order valence-electron chi connectivity index (χ4n) is 2.71. The minimum atomic E-state index is 0.710. The number of pyridine rings is 1. The Balaban J connectivity index is 2.41. The quantitative estimate of drug-likeness (QED) is 0.691. The maximum absolute atomic E-state index is 9.66. The predicted molar refractivity (Wildman–Crippen MR) is 85.9 cm³/mol. The summed E-state index contributed by atoms with van der Waals surface area (Å²) in [5.41, 5.74) is 4.65. The van der Waals surface area contributed by atoms with Gasteiger partial charge in [-0.15, -0.1) is 0 Å². The number of benzene rings is 2. The third kappa shape index (κ3) is 2.39. The van der Waals surface area contributed by atoms with E-state index in [1.165, 1.54) is 0 Å². The van der Waals surface area contributed by atoms with Gasteiger partial charge in [0, 0.05) is 10.9 Å². The molecule has 0 bridgehead atoms. The van der Waals surface area contributed by atoms with Crippen LogP contribution in [0.2, 0.25) is 0 Å². The minimum Gasteiger partial charge on any atom is -0.251 e. The molecule has 0 amide bonds. The van der Waals surface area contributed by atoms with Crippen molar-refractivity contribution in [3.05, 3.63) is 65.9 Å². The Hall–Kier alpha value is -2.66. The van der Waals surface area contributed by atoms with Crippen LogP contribution < -0.4 is 0 Å². The molecule has 102 valence electrons. The highest BCUT2D eigenvalue weighted by atomic mass is 14.7. The van der Waals surface area contributed by atoms with E-state index in [0.29, 0.717) is 5.56 Å². The molecule has 0 radical (unpaired) electrons. The van der Waals surface area contributed by atoms with Crippen LogP contribution in [-0.4, -0.2) is 4.98 Å². The Morgan fingerprint density at radius 2 is 1.71 bits per heavy atom. The second-order valence-electron chi connectivity index (χ2n) is 5.05. The van der Waals surface area contributed by atoms with Crippen molar-refractivity contribution >= 4 is 10.9 Å². The molecule has 0 fully saturated rings. The monoisotopic (exact) mass is 272 g/mol. The lowest BCUT2D eigenvalue weighted by Gasteiger charge is -2.12. The molecule has 0 aliphatic heterocycles. The van der Waals surface area contributed by atoms with Crippen LogP contribution in [0, 0.1) is 11.3 Å². The lowest BCUT2D eigenvalue weighted by atomic mass is 9.93. The van der Waals surface area contributed by atoms with Gasteiger partial charge in [-0.25, -0.2) is 0 Å². The van der Waals surface area contributed by atoms with E-state index in [1.54, 1.807) is 0 Å². The lowest BCUT2D eigenvalue weighted by molar-refractivity contribution is 0.886. The Morgan fingerprint density at radius 3 is 2.43 bits per heavy atom. The van der Waals surface area contributed by atoms with E-state index in [2.05, 4.69) is 25.1 Å². The summed E-state index contributed by atoms with van der Waals surface area (Å²) in [6.07, 6.45) is 1.81. The van der Waals surface area contributed by atoms with Crippen LogP contribution in [0.15, 0.2) is 54.6 Å². The van der Waals surface area contributed by atoms with Gasteiger partial charge in [0.2, 0.25) is 0 Å². The van der Waals surface area contributed by atoms with Gasteiger partial charge < -0.3 is 0 Å². The van der Waals surface area contributed by atoms with Crippen LogP contribution in [0.5, 0.6) is 0 Å². The molecule has 0 aliphatic rings. The van der Waals surface area contributed by atoms with Gasteiger partial charge in [-0.3, -0.25) is 4.98 Å². The lowest BCUT2D eigenvalue weighted by Crippen LogP contribution is -1.99. The third-order valence-corrected chi connectivity index (χ3v) is 3.63. The van der Waals surface area contributed by atoms with E-state index in [9.17, 15) is 5.26 Å². The number of fused-ring (bicyclic) bond motifs is 1. The zero-order chi connectivity index (χ0) is 14.7. The van der Waals surface area contributed by atoms with Crippen molar-refractivity contribution in [3.63, 3.8) is 0 Å². The highest BCUT2D eigenvalue weighted by Gasteiger charge is 2.15. The fourth-order valence-corrected chi connectivity index (χ4v) is 2.71. The van der Waals surface area contributed by atoms with E-state index in [1.807, 2.05) is 42.5 Å². The molecule has 2 nitrogen and oxygen atoms in total. The number of aryl methyl sites for hydroxylation is 1. The van der Waals surface area contributed by atoms with Crippen LogP contribution in [0.1, 0.15) is 24.6 Å². The standard InChI is InChI=1S/C19H16N2/c1-2-8-17-16(13-20)19(14-9-4-3-5-10-14)15-11-6-7-12-18(15)21-17/h3-7,9-12H,2,8H2,1H3. The van der Waals surface area contributed by atoms with Gasteiger partial charge in [-0.2, -0.15) is 5.26 Å². The van der Waals surface area contributed by atoms with Crippen molar-refractivity contribution in [1.29, 1.82) is 5.26 Å². The average molecular weight is 272 g/mol. The molecule has 1 heterocycles. The summed E-state index contributed by atoms with van der Waals surface area (Å²) in [6, 6.07) is 20.5. The van der Waals surface area contributed by atoms with E-state index in [-0.39, 0.29) is 0 Å². The van der Waals surface area contributed by atoms with Crippen molar-refractivity contribution in [3.8, 4) is 17.2 Å². The molecule has 0 atom stereocenters. The first kappa shape index (κ1) is 13.3. The summed E-state index contributed by atoms with van der Waals surface area (Å²) in [7, 11) is 0. The fraction of sp³-hybridized carbons (Fsp3) is 0.158. The number of nitrogens with zero attached hydrogens (tertiary/aromatic N) is 2. The van der Waals surface area contributed by atoms with Gasteiger partial charge >= 0.3 is 0 Å². The maximum Gasteiger partial charge on any atom is 0.102 e. The highest BCUT2D eigenvalue weighted by Crippen LogP contribution is 2.32. The largest absolute Gasteiger partial charge is 0.251 e. The molecule has 2 aromatic carbocycles. The topological polar surface area (TPSA) is 36.7 Å². The number of nitriles is 1. The molecule has 0 aliphatic carbocycles. The summed E-state index contributed by atoms with van der Waals surface area (Å²) in [6.45, 7) is 2.11. The summed E-state index contributed by atoms with van der Waals surface area (Å²) in [5.74, 6) is 0. The first-order valence-corrected chi connectivity index (χ1v) is 7.22. The second kappa shape index (κ2) is 5.76.